The van der Waals surface area contributed by atoms with Crippen LogP contribution in [0.25, 0.3) is 0 Å². The summed E-state index contributed by atoms with van der Waals surface area (Å²) in [6.45, 7) is 9.43. The van der Waals surface area contributed by atoms with Crippen LogP contribution in [0.5, 0.6) is 0 Å². The third-order valence-electron chi connectivity index (χ3n) is 2.88. The summed E-state index contributed by atoms with van der Waals surface area (Å²) in [4.78, 5) is 15.9. The lowest BCUT2D eigenvalue weighted by Crippen LogP contribution is -2.39. The smallest absolute Gasteiger partial charge is 0.222 e. The highest BCUT2D eigenvalue weighted by atomic mass is 127. The number of aliphatic imine (C=N–C) groups is 1. The van der Waals surface area contributed by atoms with E-state index in [-0.39, 0.29) is 35.8 Å². The Hall–Kier alpha value is -1.25. The van der Waals surface area contributed by atoms with Crippen LogP contribution in [0.1, 0.15) is 20.8 Å². The summed E-state index contributed by atoms with van der Waals surface area (Å²) in [5.41, 5.74) is 0. The summed E-state index contributed by atoms with van der Waals surface area (Å²) in [6.07, 6.45) is 4.07. The maximum atomic E-state index is 11.4. The van der Waals surface area contributed by atoms with E-state index in [2.05, 4.69) is 25.5 Å². The number of carbonyl (C=O) groups is 1. The Balaban J connectivity index is 0.00000441. The second kappa shape index (κ2) is 12.3. The molecule has 1 heterocycles. The van der Waals surface area contributed by atoms with Crippen molar-refractivity contribution in [1.82, 2.24) is 20.5 Å². The number of hydrogen-bond acceptors (Lipinski definition) is 2. The van der Waals surface area contributed by atoms with Crippen LogP contribution in [-0.2, 0) is 11.3 Å². The van der Waals surface area contributed by atoms with Crippen molar-refractivity contribution in [2.24, 2.45) is 10.9 Å². The van der Waals surface area contributed by atoms with Crippen LogP contribution in [0.2, 0.25) is 0 Å². The van der Waals surface area contributed by atoms with Gasteiger partial charge in [0.05, 0.1) is 6.54 Å². The lowest BCUT2D eigenvalue weighted by atomic mass is 10.2. The number of guanidine groups is 1. The molecule has 0 fully saturated rings. The van der Waals surface area contributed by atoms with E-state index in [1.807, 2.05) is 45.3 Å². The minimum atomic E-state index is 0. The van der Waals surface area contributed by atoms with Gasteiger partial charge in [-0.15, -0.1) is 24.0 Å². The Bertz CT molecular complexity index is 431. The quantitative estimate of drug-likeness (QED) is 0.258. The predicted octanol–water partition coefficient (Wildman–Crippen LogP) is 1.43. The highest BCUT2D eigenvalue weighted by Gasteiger charge is 2.04. The third kappa shape index (κ3) is 8.91. The first-order chi connectivity index (χ1) is 10.1. The van der Waals surface area contributed by atoms with Gasteiger partial charge in [-0.25, -0.2) is 0 Å². The summed E-state index contributed by atoms with van der Waals surface area (Å²) in [7, 11) is 0. The third-order valence-corrected chi connectivity index (χ3v) is 2.88. The number of halogens is 1. The zero-order valence-electron chi connectivity index (χ0n) is 13.6. The molecule has 1 aromatic rings. The molecule has 0 aliphatic heterocycles. The monoisotopic (exact) mass is 421 g/mol. The Morgan fingerprint density at radius 3 is 2.41 bits per heavy atom. The maximum absolute atomic E-state index is 11.4. The van der Waals surface area contributed by atoms with E-state index in [4.69, 9.17) is 0 Å². The van der Waals surface area contributed by atoms with Gasteiger partial charge in [-0.1, -0.05) is 13.8 Å². The van der Waals surface area contributed by atoms with E-state index < -0.39 is 0 Å². The number of rotatable bonds is 8. The van der Waals surface area contributed by atoms with E-state index in [0.29, 0.717) is 13.1 Å². The Morgan fingerprint density at radius 1 is 1.14 bits per heavy atom. The molecule has 0 bridgehead atoms. The van der Waals surface area contributed by atoms with Crippen LogP contribution in [-0.4, -0.2) is 42.6 Å². The van der Waals surface area contributed by atoms with Gasteiger partial charge in [-0.3, -0.25) is 9.79 Å². The van der Waals surface area contributed by atoms with E-state index in [1.165, 1.54) is 0 Å². The molecule has 1 rings (SSSR count). The maximum Gasteiger partial charge on any atom is 0.222 e. The number of amides is 1. The van der Waals surface area contributed by atoms with Crippen LogP contribution in [0.4, 0.5) is 0 Å². The molecule has 7 heteroatoms. The molecule has 0 aliphatic rings. The van der Waals surface area contributed by atoms with Crippen molar-refractivity contribution in [3.05, 3.63) is 24.5 Å². The molecular weight excluding hydrogens is 393 g/mol. The van der Waals surface area contributed by atoms with Crippen molar-refractivity contribution in [2.45, 2.75) is 27.3 Å². The fraction of sp³-hybridized carbons (Fsp3) is 0.600. The van der Waals surface area contributed by atoms with Crippen molar-refractivity contribution in [3.63, 3.8) is 0 Å². The van der Waals surface area contributed by atoms with E-state index in [9.17, 15) is 4.79 Å². The van der Waals surface area contributed by atoms with Crippen molar-refractivity contribution >= 4 is 35.8 Å². The molecule has 0 spiro atoms. The molecule has 0 aliphatic carbocycles. The normalized spacial score (nSPS) is 11.0. The molecule has 1 aromatic heterocycles. The van der Waals surface area contributed by atoms with Crippen LogP contribution in [0.3, 0.4) is 0 Å². The van der Waals surface area contributed by atoms with Crippen LogP contribution >= 0.6 is 24.0 Å². The molecule has 3 N–H and O–H groups in total. The average Bonchev–Trinajstić information content (AvgIpc) is 2.96. The first kappa shape index (κ1) is 20.8. The zero-order valence-corrected chi connectivity index (χ0v) is 16.0. The van der Waals surface area contributed by atoms with E-state index >= 15 is 0 Å². The minimum absolute atomic E-state index is 0. The van der Waals surface area contributed by atoms with Crippen molar-refractivity contribution in [3.8, 4) is 0 Å². The molecule has 1 amide bonds. The molecular formula is C15H28IN5O. The van der Waals surface area contributed by atoms with Crippen LogP contribution < -0.4 is 16.0 Å². The summed E-state index contributed by atoms with van der Waals surface area (Å²) in [6, 6.07) is 4.02. The Labute approximate surface area is 150 Å². The largest absolute Gasteiger partial charge is 0.357 e. The topological polar surface area (TPSA) is 70.4 Å². The molecule has 6 nitrogen and oxygen atoms in total. The molecule has 0 atom stereocenters. The Morgan fingerprint density at radius 2 is 1.82 bits per heavy atom. The minimum Gasteiger partial charge on any atom is -0.357 e. The van der Waals surface area contributed by atoms with Crippen molar-refractivity contribution in [2.75, 3.05) is 26.2 Å². The Kier molecular flexibility index (Phi) is 11.6. The van der Waals surface area contributed by atoms with E-state index in [1.54, 1.807) is 0 Å². The number of carbonyl (C=O) groups excluding carboxylic acids is 1. The summed E-state index contributed by atoms with van der Waals surface area (Å²) >= 11 is 0. The first-order valence-electron chi connectivity index (χ1n) is 7.54. The van der Waals surface area contributed by atoms with Crippen LogP contribution in [0.15, 0.2) is 29.5 Å². The SMILES string of the molecule is CCNC(=NCCNC(=O)C(C)C)NCCn1cccc1.I. The first-order valence-corrected chi connectivity index (χ1v) is 7.54. The standard InChI is InChI=1S/C15H27N5O.HI/c1-4-16-15(18-8-7-17-14(21)13(2)3)19-9-12-20-10-5-6-11-20;/h5-6,10-11,13H,4,7-9,12H2,1-3H3,(H,17,21)(H2,16,18,19);1H. The number of nitrogens with one attached hydrogen (secondary N) is 3. The summed E-state index contributed by atoms with van der Waals surface area (Å²) in [5, 5.41) is 9.32. The molecule has 0 radical (unpaired) electrons. The van der Waals surface area contributed by atoms with Gasteiger partial charge in [0.1, 0.15) is 0 Å². The second-order valence-corrected chi connectivity index (χ2v) is 5.05. The average molecular weight is 421 g/mol. The molecule has 0 saturated heterocycles. The molecule has 22 heavy (non-hydrogen) atoms. The lowest BCUT2D eigenvalue weighted by Gasteiger charge is -2.12. The van der Waals surface area contributed by atoms with Gasteiger partial charge in [-0.05, 0) is 19.1 Å². The number of hydrogen-bond donors (Lipinski definition) is 3. The van der Waals surface area contributed by atoms with Gasteiger partial charge in [0.2, 0.25) is 5.91 Å². The highest BCUT2D eigenvalue weighted by Crippen LogP contribution is 1.90. The highest BCUT2D eigenvalue weighted by molar-refractivity contribution is 14.0. The van der Waals surface area contributed by atoms with Gasteiger partial charge in [0.15, 0.2) is 5.96 Å². The summed E-state index contributed by atoms with van der Waals surface area (Å²) < 4.78 is 2.11. The fourth-order valence-corrected chi connectivity index (χ4v) is 1.72. The van der Waals surface area contributed by atoms with Gasteiger partial charge in [0, 0.05) is 44.5 Å². The van der Waals surface area contributed by atoms with Crippen molar-refractivity contribution in [1.29, 1.82) is 0 Å². The van der Waals surface area contributed by atoms with Crippen molar-refractivity contribution < 1.29 is 4.79 Å². The predicted molar refractivity (Wildman–Crippen MR) is 102 cm³/mol. The van der Waals surface area contributed by atoms with Crippen LogP contribution in [0, 0.1) is 5.92 Å². The molecule has 0 unspecified atom stereocenters. The lowest BCUT2D eigenvalue weighted by molar-refractivity contribution is -0.123. The van der Waals surface area contributed by atoms with Gasteiger partial charge in [0.25, 0.3) is 0 Å². The molecule has 126 valence electrons. The number of aromatic nitrogens is 1. The summed E-state index contributed by atoms with van der Waals surface area (Å²) in [5.74, 6) is 0.862. The van der Waals surface area contributed by atoms with E-state index in [0.717, 1.165) is 25.6 Å². The van der Waals surface area contributed by atoms with Gasteiger partial charge >= 0.3 is 0 Å². The van der Waals surface area contributed by atoms with Gasteiger partial charge < -0.3 is 20.5 Å². The zero-order chi connectivity index (χ0) is 15.5. The molecule has 0 aromatic carbocycles. The fourth-order valence-electron chi connectivity index (χ4n) is 1.72. The molecule has 0 saturated carbocycles. The second-order valence-electron chi connectivity index (χ2n) is 5.05. The van der Waals surface area contributed by atoms with Gasteiger partial charge in [-0.2, -0.15) is 0 Å². The number of nitrogens with zero attached hydrogens (tertiary/aromatic N) is 2.